The first-order chi connectivity index (χ1) is 8.00. The summed E-state index contributed by atoms with van der Waals surface area (Å²) in [6.07, 6.45) is 0. The average molecular weight is 957 g/mol. The van der Waals surface area contributed by atoms with Crippen molar-refractivity contribution in [2.45, 2.75) is 0 Å². The number of phosphoric acid groups is 4. The van der Waals surface area contributed by atoms with E-state index in [2.05, 4.69) is 0 Å². The Labute approximate surface area is 265 Å². The van der Waals surface area contributed by atoms with Crippen LogP contribution in [0.2, 0.25) is 0 Å². The number of hydrogen-bond acceptors (Lipinski definition) is 16. The van der Waals surface area contributed by atoms with E-state index in [-0.39, 0.29) is 163 Å². The molecule has 0 aromatic rings. The van der Waals surface area contributed by atoms with E-state index in [1.54, 1.807) is 0 Å². The molecule has 16 nitrogen and oxygen atoms in total. The minimum Gasteiger partial charge on any atom is -0.822 e. The summed E-state index contributed by atoms with van der Waals surface area (Å²) in [6.45, 7) is 0. The summed E-state index contributed by atoms with van der Waals surface area (Å²) < 4.78 is 34.2. The van der Waals surface area contributed by atoms with Crippen LogP contribution in [0, 0.1) is 163 Å². The Bertz CT molecular complexity index is 295. The van der Waals surface area contributed by atoms with Gasteiger partial charge in [-0.2, -0.15) is 31.3 Å². The molecule has 0 heterocycles. The first kappa shape index (κ1) is 52.0. The van der Waals surface area contributed by atoms with E-state index >= 15 is 0 Å². The topological polar surface area (TPSA) is 345 Å². The predicted octanol–water partition coefficient (Wildman–Crippen LogP) is -11.3. The predicted molar refractivity (Wildman–Crippen MR) is 30.4 cm³/mol. The first-order valence-corrected chi connectivity index (χ1v) is 8.76. The summed E-state index contributed by atoms with van der Waals surface area (Å²) in [5.74, 6) is 0. The van der Waals surface area contributed by atoms with E-state index in [1.165, 1.54) is 0 Å². The van der Waals surface area contributed by atoms with Crippen LogP contribution in [0.15, 0.2) is 0 Å². The maximum atomic E-state index is 8.55. The molecule has 0 aliphatic rings. The third-order valence-corrected chi connectivity index (χ3v) is 0. The minimum absolute atomic E-state index is 0. The zero-order valence-corrected chi connectivity index (χ0v) is 26.7. The molecule has 0 fully saturated rings. The van der Waals surface area contributed by atoms with Crippen LogP contribution in [-0.2, 0) is 18.3 Å². The molecule has 0 bridgehead atoms. The van der Waals surface area contributed by atoms with E-state index < -0.39 is 31.3 Å². The summed E-state index contributed by atoms with van der Waals surface area (Å²) in [5.41, 5.74) is 0. The van der Waals surface area contributed by atoms with Crippen LogP contribution < -0.4 is 58.7 Å². The largest absolute Gasteiger partial charge is 3.00 e. The summed E-state index contributed by atoms with van der Waals surface area (Å²) in [5, 5.41) is 0. The van der Waals surface area contributed by atoms with Gasteiger partial charge in [0.1, 0.15) is 0 Å². The Balaban J connectivity index is -0.0000000225. The van der Waals surface area contributed by atoms with E-state index in [9.17, 15) is 0 Å². The van der Waals surface area contributed by atoms with Gasteiger partial charge in [-0.15, -0.1) is 0 Å². The third kappa shape index (κ3) is 588. The molecule has 0 N–H and O–H groups in total. The van der Waals surface area contributed by atoms with Crippen molar-refractivity contribution >= 4 is 31.3 Å². The fourth-order valence-corrected chi connectivity index (χ4v) is 0. The summed E-state index contributed by atoms with van der Waals surface area (Å²) in [4.78, 5) is 103. The molecule has 0 saturated heterocycles. The molecule has 0 spiro atoms. The van der Waals surface area contributed by atoms with Gasteiger partial charge in [0.15, 0.2) is 0 Å². The van der Waals surface area contributed by atoms with Crippen molar-refractivity contribution in [3.05, 3.63) is 0 Å². The van der Waals surface area contributed by atoms with Crippen LogP contribution in [0.3, 0.4) is 0 Å². The van der Waals surface area contributed by atoms with Crippen molar-refractivity contribution in [2.75, 3.05) is 0 Å². The van der Waals surface area contributed by atoms with Gasteiger partial charge < -0.3 is 77.0 Å². The fourth-order valence-electron chi connectivity index (χ4n) is 0. The molecule has 0 atom stereocenters. The van der Waals surface area contributed by atoms with Crippen LogP contribution in [0.1, 0.15) is 0 Å². The van der Waals surface area contributed by atoms with Crippen LogP contribution >= 0.6 is 31.3 Å². The van der Waals surface area contributed by atoms with Crippen LogP contribution in [0.5, 0.6) is 0 Å². The molecule has 0 aromatic carbocycles. The van der Waals surface area contributed by atoms with E-state index in [1.807, 2.05) is 0 Å². The maximum absolute atomic E-state index is 8.55. The van der Waals surface area contributed by atoms with Crippen molar-refractivity contribution in [1.29, 1.82) is 0 Å². The van der Waals surface area contributed by atoms with Gasteiger partial charge in [0, 0.05) is 0 Å². The Hall–Kier alpha value is 5.84. The Morgan fingerprint density at radius 3 is 0.292 bits per heavy atom. The zero-order valence-electron chi connectivity index (χ0n) is 10.3. The van der Waals surface area contributed by atoms with Gasteiger partial charge >= 0.3 is 163 Å². The molecular formula is Nd4O16P4. The number of hydrogen-bond donors (Lipinski definition) is 0. The van der Waals surface area contributed by atoms with Gasteiger partial charge in [-0.05, 0) is 0 Å². The Morgan fingerprint density at radius 2 is 0.292 bits per heavy atom. The van der Waals surface area contributed by atoms with Gasteiger partial charge in [-0.1, -0.05) is 0 Å². The van der Waals surface area contributed by atoms with Gasteiger partial charge in [0.05, 0.1) is 0 Å². The SMILES string of the molecule is O=P([O-])([O-])[O-].O=P([O-])([O-])[O-].O=P([O-])([O-])[O-].O=P([O-])([O-])[O-].[Nd+3].[Nd+3].[Nd+3].[Nd+3]. The monoisotopic (exact) mass is 947 g/mol. The van der Waals surface area contributed by atoms with Crippen molar-refractivity contribution in [3.63, 3.8) is 0 Å². The van der Waals surface area contributed by atoms with Crippen LogP contribution in [0.4, 0.5) is 0 Å². The van der Waals surface area contributed by atoms with E-state index in [4.69, 9.17) is 77.0 Å². The quantitative estimate of drug-likeness (QED) is 0.204. The standard InChI is InChI=1S/4Nd.4H3O4P/c;;;;4*1-5(2,3)4/h;;;;4*(H3,1,2,3,4)/q4*+3;;;;/p-12. The average Bonchev–Trinajstić information content (AvgIpc) is 1.62. The molecule has 24 heavy (non-hydrogen) atoms. The van der Waals surface area contributed by atoms with Gasteiger partial charge in [0.25, 0.3) is 0 Å². The molecule has 0 saturated carbocycles. The minimum atomic E-state index is -5.39. The fraction of sp³-hybridized carbons (Fsp3) is 0. The second-order valence-electron chi connectivity index (χ2n) is 1.79. The maximum Gasteiger partial charge on any atom is 3.00 e. The molecule has 4 radical (unpaired) electrons. The molecule has 0 aromatic heterocycles. The van der Waals surface area contributed by atoms with Crippen molar-refractivity contribution in [1.82, 2.24) is 0 Å². The normalized spacial score (nSPS) is 9.83. The second-order valence-corrected chi connectivity index (χ2v) is 5.37. The summed E-state index contributed by atoms with van der Waals surface area (Å²) in [7, 11) is -21.6. The molecule has 0 amide bonds. The number of rotatable bonds is 0. The molecule has 0 aliphatic heterocycles. The smallest absolute Gasteiger partial charge is 0.822 e. The van der Waals surface area contributed by atoms with Gasteiger partial charge in [-0.25, -0.2) is 0 Å². The summed E-state index contributed by atoms with van der Waals surface area (Å²) in [6, 6.07) is 0. The van der Waals surface area contributed by atoms with Gasteiger partial charge in [0.2, 0.25) is 0 Å². The molecule has 24 heteroatoms. The third-order valence-electron chi connectivity index (χ3n) is 0. The molecule has 132 valence electrons. The molecule has 0 rings (SSSR count). The van der Waals surface area contributed by atoms with Gasteiger partial charge in [-0.3, -0.25) is 0 Å². The Kier molecular flexibility index (Phi) is 54.4. The zero-order chi connectivity index (χ0) is 18.0. The molecular weight excluding hydrogens is 957 g/mol. The molecule has 0 unspecified atom stereocenters. The summed E-state index contributed by atoms with van der Waals surface area (Å²) >= 11 is 0. The van der Waals surface area contributed by atoms with Crippen molar-refractivity contribution in [3.8, 4) is 0 Å². The van der Waals surface area contributed by atoms with Crippen LogP contribution in [-0.4, -0.2) is 0 Å². The second kappa shape index (κ2) is 25.1. The van der Waals surface area contributed by atoms with Crippen molar-refractivity contribution in [2.24, 2.45) is 0 Å². The first-order valence-electron chi connectivity index (χ1n) is 2.92. The van der Waals surface area contributed by atoms with E-state index in [0.29, 0.717) is 0 Å². The van der Waals surface area contributed by atoms with E-state index in [0.717, 1.165) is 0 Å². The van der Waals surface area contributed by atoms with Crippen LogP contribution in [0.25, 0.3) is 0 Å². The van der Waals surface area contributed by atoms with Crippen molar-refractivity contribution < 1.29 is 240 Å². The molecule has 0 aliphatic carbocycles. The Morgan fingerprint density at radius 1 is 0.292 bits per heavy atom.